The minimum Gasteiger partial charge on any atom is -0.508 e. The van der Waals surface area contributed by atoms with E-state index in [0.717, 1.165) is 31.4 Å². The number of fused-ring (bicyclic) bond motifs is 4. The maximum atomic E-state index is 16.2. The summed E-state index contributed by atoms with van der Waals surface area (Å²) in [6, 6.07) is 5.33. The molecule has 24 N–H and O–H groups in total. The Balaban J connectivity index is 1.12. The summed E-state index contributed by atoms with van der Waals surface area (Å²) in [5.74, 6) is -17.1. The first-order valence-corrected chi connectivity index (χ1v) is 48.0. The van der Waals surface area contributed by atoms with Gasteiger partial charge in [0.15, 0.2) is 5.96 Å². The quantitative estimate of drug-likeness (QED) is 0.0163. The number of nitrogens with zero attached hydrogens (tertiary/aromatic N) is 5. The average molecular weight is 1950 g/mol. The standard InChI is InChI=1S/C95H133N23O20S/c1-10-12-26-73-87(130)106-64(25-18-38-101-95(99)100)83(126)113-72(82(125)103-48-78(98)122)50-139-51-79(123)104-67(42-54-30-34-57(120)35-31-54)90(133)114(6)53(5)81(124)108-69(45-77(97)121)93(136)118-40-20-29-75(118)89(132)111-70(46-96)85(128)109-66(41-52(3)4)92(135)117-39-19-28-74(117)88(131)107-65(43-56-47-102-62-23-16-14-21-59(56)62)84(127)112-71(49-119)86(129)110-68(91(134)116(8)76(27-13-11-2)94(137)115(73)7)44-61-60-22-15-17-24-63(60)105-80(61)55-32-36-58(138-9)37-33-55/h14-17,21-24,30-37,47,52-53,64-76,102,105,119-120H,10-13,18-20,25-29,38-46,48-51,96H2,1-9H3,(H2,97,121)(H2,98,122)(H,103,125)(H,104,123)(H,106,130)(H,107,131)(H,108,124)(H,109,128)(H,110,129)(H,111,132)(H,112,127)(H,113,126)(H4,99,100,101). The van der Waals surface area contributed by atoms with Crippen molar-refractivity contribution in [3.05, 3.63) is 120 Å². The Hall–Kier alpha value is -13.9. The molecule has 44 heteroatoms. The number of aliphatic hydroxyl groups is 1. The van der Waals surface area contributed by atoms with Gasteiger partial charge >= 0.3 is 0 Å². The van der Waals surface area contributed by atoms with Crippen LogP contribution in [0, 0.1) is 11.3 Å². The van der Waals surface area contributed by atoms with Crippen molar-refractivity contribution >= 4 is 140 Å². The van der Waals surface area contributed by atoms with E-state index in [1.165, 1.54) is 64.3 Å². The number of aromatic nitrogens is 2. The molecule has 3 aliphatic rings. The van der Waals surface area contributed by atoms with Crippen molar-refractivity contribution in [2.75, 3.05) is 79.1 Å². The lowest BCUT2D eigenvalue weighted by Crippen LogP contribution is -2.62. The molecule has 754 valence electrons. The monoisotopic (exact) mass is 1950 g/mol. The van der Waals surface area contributed by atoms with Crippen molar-refractivity contribution in [3.63, 3.8) is 0 Å². The number of primary amides is 2. The first-order chi connectivity index (χ1) is 66.3. The molecule has 14 unspecified atom stereocenters. The highest BCUT2D eigenvalue weighted by Gasteiger charge is 2.46. The predicted molar refractivity (Wildman–Crippen MR) is 517 cm³/mol. The summed E-state index contributed by atoms with van der Waals surface area (Å²) in [5.41, 5.74) is 26.9. The van der Waals surface area contributed by atoms with Crippen LogP contribution in [-0.2, 0) is 101 Å². The lowest BCUT2D eigenvalue weighted by Gasteiger charge is -2.36. The molecule has 0 spiro atoms. The molecule has 6 aromatic rings. The Morgan fingerprint density at radius 1 is 0.547 bits per heavy atom. The Morgan fingerprint density at radius 3 is 1.69 bits per heavy atom. The number of carbonyl (C=O) groups excluding carboxylic acids is 17. The van der Waals surface area contributed by atoms with Crippen LogP contribution in [0.4, 0.5) is 0 Å². The number of ether oxygens (including phenoxy) is 1. The third-order valence-electron chi connectivity index (χ3n) is 25.1. The van der Waals surface area contributed by atoms with Gasteiger partial charge in [0.05, 0.1) is 32.4 Å². The van der Waals surface area contributed by atoms with Gasteiger partial charge in [-0.25, -0.2) is 0 Å². The predicted octanol–water partition coefficient (Wildman–Crippen LogP) is -1.23. The number of guanidine groups is 1. The van der Waals surface area contributed by atoms with E-state index in [-0.39, 0.29) is 108 Å². The zero-order valence-corrected chi connectivity index (χ0v) is 80.7. The average Bonchev–Trinajstić information content (AvgIpc) is 1.65. The highest BCUT2D eigenvalue weighted by atomic mass is 32.2. The number of aliphatic hydroxyl groups excluding tert-OH is 1. The number of hydrogen-bond donors (Lipinski definition) is 20. The Labute approximate surface area is 809 Å². The van der Waals surface area contributed by atoms with E-state index < -0.39 is 229 Å². The van der Waals surface area contributed by atoms with Gasteiger partial charge in [-0.3, -0.25) is 86.9 Å². The van der Waals surface area contributed by atoms with Gasteiger partial charge in [-0.1, -0.05) is 102 Å². The number of rotatable bonds is 27. The van der Waals surface area contributed by atoms with Crippen LogP contribution in [0.1, 0.15) is 141 Å². The van der Waals surface area contributed by atoms with Crippen LogP contribution < -0.4 is 86.2 Å². The number of aromatic amines is 2. The normalized spacial score (nSPS) is 23.8. The molecule has 5 heterocycles. The molecule has 0 bridgehead atoms. The molecule has 14 atom stereocenters. The minimum absolute atomic E-state index is 0.000249. The van der Waals surface area contributed by atoms with Crippen molar-refractivity contribution in [2.45, 2.75) is 228 Å². The maximum absolute atomic E-state index is 16.2. The first-order valence-electron chi connectivity index (χ1n) is 46.8. The molecular weight excluding hydrogens is 1820 g/mol. The van der Waals surface area contributed by atoms with E-state index in [1.807, 2.05) is 19.9 Å². The third-order valence-corrected chi connectivity index (χ3v) is 26.1. The number of unbranched alkanes of at least 4 members (excludes halogenated alkanes) is 2. The number of para-hydroxylation sites is 2. The van der Waals surface area contributed by atoms with Crippen molar-refractivity contribution in [2.24, 2.45) is 28.9 Å². The van der Waals surface area contributed by atoms with Gasteiger partial charge in [-0.2, -0.15) is 0 Å². The van der Waals surface area contributed by atoms with Crippen LogP contribution in [-0.4, -0.2) is 315 Å². The molecule has 0 aliphatic carbocycles. The number of carbonyl (C=O) groups is 17. The SMILES string of the molecule is CCCCC1C(=O)N(C)C(CCCC)C(=O)NC(CCCNC(=N)N)C(=O)NC(C(=O)NCC(N)=O)CSCC(=O)NC(Cc2ccc(O)cc2)C(=O)N(C)C(C)C(=O)NC(CC(N)=O)C(=O)N2CCCC2C(=O)NC(CN)C(=O)NC(CC(C)C)C(=O)N2CCCC2C(=O)NC(Cc2c[nH]c3ccccc23)C(=O)NC(CO)C(=O)NC(Cc2c(-c3ccc(OC)cc3)[nH]c3ccccc23)C(=O)N1C. The molecule has 0 radical (unpaired) electrons. The van der Waals surface area contributed by atoms with Gasteiger partial charge in [0, 0.05) is 106 Å². The second-order valence-electron chi connectivity index (χ2n) is 35.6. The van der Waals surface area contributed by atoms with Crippen molar-refractivity contribution in [1.82, 2.24) is 93.0 Å². The molecule has 9 rings (SSSR count). The Bertz CT molecular complexity index is 5390. The number of thioether (sulfide) groups is 1. The molecule has 43 nitrogen and oxygen atoms in total. The van der Waals surface area contributed by atoms with Gasteiger partial charge < -0.3 is 131 Å². The van der Waals surface area contributed by atoms with E-state index in [0.29, 0.717) is 81.2 Å². The van der Waals surface area contributed by atoms with Gasteiger partial charge in [-0.15, -0.1) is 11.8 Å². The second-order valence-corrected chi connectivity index (χ2v) is 36.6. The van der Waals surface area contributed by atoms with E-state index in [2.05, 4.69) is 68.5 Å². The maximum Gasteiger partial charge on any atom is 0.246 e. The summed E-state index contributed by atoms with van der Waals surface area (Å²) in [7, 11) is 5.43. The fourth-order valence-electron chi connectivity index (χ4n) is 17.3. The number of H-pyrrole nitrogens is 2. The number of phenols is 1. The summed E-state index contributed by atoms with van der Waals surface area (Å²) >= 11 is 0.762. The van der Waals surface area contributed by atoms with Crippen molar-refractivity contribution in [3.8, 4) is 22.8 Å². The molecule has 4 aromatic carbocycles. The number of methoxy groups -OCH3 is 1. The summed E-state index contributed by atoms with van der Waals surface area (Å²) in [6.07, 6.45) is 1.78. The molecule has 2 aromatic heterocycles. The fraction of sp³-hybridized carbons (Fsp3) is 0.516. The van der Waals surface area contributed by atoms with Crippen molar-refractivity contribution < 1.29 is 96.5 Å². The molecule has 3 saturated heterocycles. The number of phenolic OH excluding ortho intramolecular Hbond substituents is 1. The van der Waals surface area contributed by atoms with Crippen LogP contribution >= 0.6 is 11.8 Å². The van der Waals surface area contributed by atoms with Gasteiger partial charge in [0.1, 0.15) is 96.1 Å². The van der Waals surface area contributed by atoms with Crippen LogP contribution in [0.3, 0.4) is 0 Å². The summed E-state index contributed by atoms with van der Waals surface area (Å²) in [5, 5.41) is 60.0. The number of amides is 17. The van der Waals surface area contributed by atoms with E-state index in [4.69, 9.17) is 33.1 Å². The van der Waals surface area contributed by atoms with Crippen LogP contribution in [0.15, 0.2) is 103 Å². The third kappa shape index (κ3) is 29.8. The Morgan fingerprint density at radius 2 is 1.09 bits per heavy atom. The summed E-state index contributed by atoms with van der Waals surface area (Å²) < 4.78 is 5.51. The number of hydrogen-bond acceptors (Lipinski definition) is 23. The van der Waals surface area contributed by atoms with Crippen LogP contribution in [0.5, 0.6) is 11.5 Å². The lowest BCUT2D eigenvalue weighted by atomic mass is 9.96. The molecule has 3 fully saturated rings. The molecular formula is C95H133N23O20S. The number of nitrogens with two attached hydrogens (primary N) is 4. The number of nitrogens with one attached hydrogen (secondary N) is 14. The molecule has 17 amide bonds. The zero-order valence-electron chi connectivity index (χ0n) is 79.8. The number of aromatic hydroxyl groups is 1. The van der Waals surface area contributed by atoms with Gasteiger partial charge in [0.2, 0.25) is 100 Å². The van der Waals surface area contributed by atoms with Gasteiger partial charge in [0.25, 0.3) is 0 Å². The highest BCUT2D eigenvalue weighted by molar-refractivity contribution is 8.00. The van der Waals surface area contributed by atoms with Crippen molar-refractivity contribution in [1.29, 1.82) is 5.41 Å². The van der Waals surface area contributed by atoms with Crippen LogP contribution in [0.25, 0.3) is 33.1 Å². The summed E-state index contributed by atoms with van der Waals surface area (Å²) in [6.45, 7) is 6.00. The second kappa shape index (κ2) is 52.0. The summed E-state index contributed by atoms with van der Waals surface area (Å²) in [4.78, 5) is 263. The number of likely N-dealkylation sites (N-methyl/N-ethyl adjacent to an activating group) is 3. The zero-order chi connectivity index (χ0) is 102. The largest absolute Gasteiger partial charge is 0.508 e. The molecule has 0 saturated carbocycles. The molecule has 3 aliphatic heterocycles. The number of benzene rings is 4. The smallest absolute Gasteiger partial charge is 0.246 e. The van der Waals surface area contributed by atoms with Crippen LogP contribution in [0.2, 0.25) is 0 Å². The van der Waals surface area contributed by atoms with E-state index >= 15 is 38.4 Å². The Kier molecular flexibility index (Phi) is 40.7. The first kappa shape index (κ1) is 109. The fourth-order valence-corrected chi connectivity index (χ4v) is 18.1. The minimum atomic E-state index is -1.90. The molecule has 139 heavy (non-hydrogen) atoms. The van der Waals surface area contributed by atoms with E-state index in [9.17, 15) is 53.4 Å². The topological polar surface area (TPSA) is 648 Å². The van der Waals surface area contributed by atoms with E-state index in [1.54, 1.807) is 86.8 Å². The highest BCUT2D eigenvalue weighted by Crippen LogP contribution is 2.34. The lowest BCUT2D eigenvalue weighted by molar-refractivity contribution is -0.149. The van der Waals surface area contributed by atoms with Gasteiger partial charge in [-0.05, 0) is 141 Å².